The minimum Gasteiger partial charge on any atom is -0.477 e. The molecule has 0 aromatic carbocycles. The zero-order valence-corrected chi connectivity index (χ0v) is 11.2. The Labute approximate surface area is 114 Å². The highest BCUT2D eigenvalue weighted by Crippen LogP contribution is 2.22. The van der Waals surface area contributed by atoms with Crippen LogP contribution in [0.15, 0.2) is 27.7 Å². The van der Waals surface area contributed by atoms with Gasteiger partial charge in [0.1, 0.15) is 5.69 Å². The highest BCUT2D eigenvalue weighted by Gasteiger charge is 2.08. The average Bonchev–Trinajstić information content (AvgIpc) is 2.85. The quantitative estimate of drug-likeness (QED) is 0.812. The molecule has 0 saturated heterocycles. The topological polar surface area (TPSA) is 89.1 Å². The predicted molar refractivity (Wildman–Crippen MR) is 69.1 cm³/mol. The Morgan fingerprint density at radius 1 is 1.53 bits per heavy atom. The van der Waals surface area contributed by atoms with Gasteiger partial charge in [0, 0.05) is 17.5 Å². The molecule has 19 heavy (non-hydrogen) atoms. The van der Waals surface area contributed by atoms with Crippen molar-refractivity contribution in [2.75, 3.05) is 0 Å². The molecule has 2 aromatic heterocycles. The SMILES string of the molecule is CCCc1noc(CSc2ccnc(C(=O)O)c2)n1. The maximum Gasteiger partial charge on any atom is 0.354 e. The van der Waals surface area contributed by atoms with Crippen LogP contribution in [0.4, 0.5) is 0 Å². The second-order valence-corrected chi connectivity index (χ2v) is 4.87. The van der Waals surface area contributed by atoms with Crippen molar-refractivity contribution in [2.24, 2.45) is 0 Å². The number of carboxylic acid groups (broad SMARTS) is 1. The number of rotatable bonds is 6. The van der Waals surface area contributed by atoms with E-state index in [0.717, 1.165) is 17.7 Å². The summed E-state index contributed by atoms with van der Waals surface area (Å²) in [5, 5.41) is 12.7. The molecule has 0 radical (unpaired) electrons. The van der Waals surface area contributed by atoms with Crippen LogP contribution in [0.25, 0.3) is 0 Å². The molecule has 2 heterocycles. The number of hydrogen-bond donors (Lipinski definition) is 1. The monoisotopic (exact) mass is 279 g/mol. The van der Waals surface area contributed by atoms with Crippen LogP contribution in [-0.4, -0.2) is 26.2 Å². The Bertz CT molecular complexity index is 571. The van der Waals surface area contributed by atoms with E-state index in [1.807, 2.05) is 0 Å². The molecule has 6 nitrogen and oxygen atoms in total. The van der Waals surface area contributed by atoms with Gasteiger partial charge >= 0.3 is 5.97 Å². The van der Waals surface area contributed by atoms with Gasteiger partial charge in [-0.05, 0) is 18.6 Å². The van der Waals surface area contributed by atoms with Crippen molar-refractivity contribution < 1.29 is 14.4 Å². The largest absolute Gasteiger partial charge is 0.477 e. The van der Waals surface area contributed by atoms with Gasteiger partial charge in [-0.2, -0.15) is 4.98 Å². The van der Waals surface area contributed by atoms with Crippen LogP contribution in [0, 0.1) is 0 Å². The summed E-state index contributed by atoms with van der Waals surface area (Å²) >= 11 is 1.44. The first-order chi connectivity index (χ1) is 9.19. The molecular formula is C12H13N3O3S. The smallest absolute Gasteiger partial charge is 0.354 e. The van der Waals surface area contributed by atoms with E-state index in [4.69, 9.17) is 9.63 Å². The van der Waals surface area contributed by atoms with Crippen molar-refractivity contribution in [1.82, 2.24) is 15.1 Å². The summed E-state index contributed by atoms with van der Waals surface area (Å²) in [5.74, 6) is 0.728. The number of aryl methyl sites for hydroxylation is 1. The van der Waals surface area contributed by atoms with Gasteiger partial charge in [0.05, 0.1) is 5.75 Å². The summed E-state index contributed by atoms with van der Waals surface area (Å²) in [6.45, 7) is 2.05. The van der Waals surface area contributed by atoms with Crippen LogP contribution in [0.3, 0.4) is 0 Å². The summed E-state index contributed by atoms with van der Waals surface area (Å²) in [7, 11) is 0. The molecule has 0 unspecified atom stereocenters. The van der Waals surface area contributed by atoms with Crippen LogP contribution >= 0.6 is 11.8 Å². The van der Waals surface area contributed by atoms with Crippen molar-refractivity contribution in [2.45, 2.75) is 30.4 Å². The zero-order chi connectivity index (χ0) is 13.7. The van der Waals surface area contributed by atoms with E-state index in [1.165, 1.54) is 24.0 Å². The minimum atomic E-state index is -1.04. The van der Waals surface area contributed by atoms with Gasteiger partial charge in [-0.1, -0.05) is 12.1 Å². The number of aromatic nitrogens is 3. The third-order valence-corrected chi connectivity index (χ3v) is 3.28. The molecule has 0 saturated carbocycles. The fourth-order valence-electron chi connectivity index (χ4n) is 1.44. The number of carboxylic acids is 1. The molecule has 0 amide bonds. The fourth-order valence-corrected chi connectivity index (χ4v) is 2.20. The number of aromatic carboxylic acids is 1. The van der Waals surface area contributed by atoms with E-state index in [2.05, 4.69) is 22.0 Å². The molecule has 0 aliphatic rings. The van der Waals surface area contributed by atoms with Crippen LogP contribution < -0.4 is 0 Å². The normalized spacial score (nSPS) is 10.6. The molecule has 0 atom stereocenters. The Morgan fingerprint density at radius 3 is 3.11 bits per heavy atom. The van der Waals surface area contributed by atoms with E-state index in [-0.39, 0.29) is 5.69 Å². The van der Waals surface area contributed by atoms with Crippen LogP contribution in [0.2, 0.25) is 0 Å². The zero-order valence-electron chi connectivity index (χ0n) is 10.4. The van der Waals surface area contributed by atoms with Gasteiger partial charge < -0.3 is 9.63 Å². The third kappa shape index (κ3) is 3.78. The number of hydrogen-bond acceptors (Lipinski definition) is 6. The number of thioether (sulfide) groups is 1. The van der Waals surface area contributed by atoms with E-state index in [9.17, 15) is 4.79 Å². The first kappa shape index (κ1) is 13.5. The van der Waals surface area contributed by atoms with Crippen LogP contribution in [0.1, 0.15) is 35.5 Å². The molecule has 100 valence electrons. The number of nitrogens with zero attached hydrogens (tertiary/aromatic N) is 3. The van der Waals surface area contributed by atoms with Crippen molar-refractivity contribution >= 4 is 17.7 Å². The van der Waals surface area contributed by atoms with Gasteiger partial charge in [0.2, 0.25) is 5.89 Å². The summed E-state index contributed by atoms with van der Waals surface area (Å²) in [6, 6.07) is 3.27. The lowest BCUT2D eigenvalue weighted by Crippen LogP contribution is -1.99. The Kier molecular flexibility index (Phi) is 4.51. The molecule has 0 bridgehead atoms. The Balaban J connectivity index is 1.97. The van der Waals surface area contributed by atoms with Gasteiger partial charge in [0.25, 0.3) is 0 Å². The molecule has 2 rings (SSSR count). The highest BCUT2D eigenvalue weighted by atomic mass is 32.2. The van der Waals surface area contributed by atoms with Crippen molar-refractivity contribution in [3.05, 3.63) is 35.7 Å². The molecule has 0 spiro atoms. The second kappa shape index (κ2) is 6.33. The third-order valence-electron chi connectivity index (χ3n) is 2.30. The molecule has 0 aliphatic heterocycles. The second-order valence-electron chi connectivity index (χ2n) is 3.82. The molecular weight excluding hydrogens is 266 g/mol. The molecule has 2 aromatic rings. The van der Waals surface area contributed by atoms with Gasteiger partial charge in [-0.25, -0.2) is 9.78 Å². The van der Waals surface area contributed by atoms with Crippen molar-refractivity contribution in [3.63, 3.8) is 0 Å². The van der Waals surface area contributed by atoms with Gasteiger partial charge in [-0.3, -0.25) is 0 Å². The van der Waals surface area contributed by atoms with Gasteiger partial charge in [-0.15, -0.1) is 11.8 Å². The molecule has 0 fully saturated rings. The van der Waals surface area contributed by atoms with Crippen molar-refractivity contribution in [1.29, 1.82) is 0 Å². The first-order valence-electron chi connectivity index (χ1n) is 5.82. The number of carbonyl (C=O) groups is 1. The fraction of sp³-hybridized carbons (Fsp3) is 0.333. The Hall–Kier alpha value is -1.89. The summed E-state index contributed by atoms with van der Waals surface area (Å²) < 4.78 is 5.10. The summed E-state index contributed by atoms with van der Waals surface area (Å²) in [5.41, 5.74) is 0.0298. The average molecular weight is 279 g/mol. The maximum absolute atomic E-state index is 10.8. The molecule has 7 heteroatoms. The summed E-state index contributed by atoms with van der Waals surface area (Å²) in [4.78, 5) is 19.6. The lowest BCUT2D eigenvalue weighted by molar-refractivity contribution is 0.0690. The van der Waals surface area contributed by atoms with Gasteiger partial charge in [0.15, 0.2) is 5.82 Å². The number of pyridine rings is 1. The Morgan fingerprint density at radius 2 is 2.37 bits per heavy atom. The highest BCUT2D eigenvalue weighted by molar-refractivity contribution is 7.98. The van der Waals surface area contributed by atoms with Crippen LogP contribution in [0.5, 0.6) is 0 Å². The van der Waals surface area contributed by atoms with E-state index < -0.39 is 5.97 Å². The minimum absolute atomic E-state index is 0.0298. The maximum atomic E-state index is 10.8. The lowest BCUT2D eigenvalue weighted by atomic mass is 10.3. The van der Waals surface area contributed by atoms with E-state index in [0.29, 0.717) is 17.5 Å². The molecule has 1 N–H and O–H groups in total. The summed E-state index contributed by atoms with van der Waals surface area (Å²) in [6.07, 6.45) is 3.24. The van der Waals surface area contributed by atoms with Crippen molar-refractivity contribution in [3.8, 4) is 0 Å². The van der Waals surface area contributed by atoms with Crippen LogP contribution in [-0.2, 0) is 12.2 Å². The lowest BCUT2D eigenvalue weighted by Gasteiger charge is -1.99. The standard InChI is InChI=1S/C12H13N3O3S/c1-2-3-10-14-11(18-15-10)7-19-8-4-5-13-9(6-8)12(16)17/h4-6H,2-3,7H2,1H3,(H,16,17). The van der Waals surface area contributed by atoms with E-state index in [1.54, 1.807) is 6.07 Å². The first-order valence-corrected chi connectivity index (χ1v) is 6.81. The van der Waals surface area contributed by atoms with E-state index >= 15 is 0 Å². The predicted octanol–water partition coefficient (Wildman–Crippen LogP) is 2.41. The molecule has 0 aliphatic carbocycles.